The standard InChI is InChI=1S/C28H33N3O3S/c1-22-9-12-26(13-10-22)35(33,34)31(27-14-11-23(2)19-24(27)3)21-28(32)30-17-15-29(16-18-30)20-25-7-5-4-6-8-25/h4-14,19H,15-18,20-21H2,1-3H3. The van der Waals surface area contributed by atoms with Crippen LogP contribution >= 0.6 is 0 Å². The number of nitrogens with zero attached hydrogens (tertiary/aromatic N) is 3. The van der Waals surface area contributed by atoms with Crippen LogP contribution in [0.3, 0.4) is 0 Å². The van der Waals surface area contributed by atoms with E-state index in [0.29, 0.717) is 18.8 Å². The number of benzene rings is 3. The van der Waals surface area contributed by atoms with Gasteiger partial charge in [-0.3, -0.25) is 14.0 Å². The van der Waals surface area contributed by atoms with Crippen LogP contribution in [0.15, 0.2) is 77.7 Å². The van der Waals surface area contributed by atoms with E-state index in [1.54, 1.807) is 35.2 Å². The van der Waals surface area contributed by atoms with Crippen LogP contribution in [-0.2, 0) is 21.4 Å². The minimum Gasteiger partial charge on any atom is -0.339 e. The van der Waals surface area contributed by atoms with E-state index in [4.69, 9.17) is 0 Å². The molecule has 0 atom stereocenters. The van der Waals surface area contributed by atoms with E-state index in [9.17, 15) is 13.2 Å². The van der Waals surface area contributed by atoms with Crippen LogP contribution in [0.4, 0.5) is 5.69 Å². The van der Waals surface area contributed by atoms with Crippen LogP contribution in [0.5, 0.6) is 0 Å². The molecule has 0 N–H and O–H groups in total. The van der Waals surface area contributed by atoms with Gasteiger partial charge in [0.15, 0.2) is 0 Å². The van der Waals surface area contributed by atoms with Crippen LogP contribution in [0.1, 0.15) is 22.3 Å². The van der Waals surface area contributed by atoms with Crippen LogP contribution in [0.25, 0.3) is 0 Å². The van der Waals surface area contributed by atoms with Crippen molar-refractivity contribution in [1.29, 1.82) is 0 Å². The summed E-state index contributed by atoms with van der Waals surface area (Å²) in [5.74, 6) is -0.181. The Balaban J connectivity index is 1.52. The van der Waals surface area contributed by atoms with E-state index in [-0.39, 0.29) is 17.3 Å². The molecular weight excluding hydrogens is 458 g/mol. The molecule has 7 heteroatoms. The maximum atomic E-state index is 13.7. The Kier molecular flexibility index (Phi) is 7.57. The number of hydrogen-bond donors (Lipinski definition) is 0. The number of hydrogen-bond acceptors (Lipinski definition) is 4. The van der Waals surface area contributed by atoms with Crippen LogP contribution in [-0.4, -0.2) is 56.8 Å². The third-order valence-electron chi connectivity index (χ3n) is 6.48. The highest BCUT2D eigenvalue weighted by atomic mass is 32.2. The second kappa shape index (κ2) is 10.6. The first-order valence-electron chi connectivity index (χ1n) is 11.9. The number of aryl methyl sites for hydroxylation is 3. The molecule has 1 fully saturated rings. The van der Waals surface area contributed by atoms with Crippen molar-refractivity contribution in [2.75, 3.05) is 37.0 Å². The van der Waals surface area contributed by atoms with Gasteiger partial charge in [-0.25, -0.2) is 8.42 Å². The monoisotopic (exact) mass is 491 g/mol. The van der Waals surface area contributed by atoms with Gasteiger partial charge >= 0.3 is 0 Å². The first-order chi connectivity index (χ1) is 16.7. The fraction of sp³-hybridized carbons (Fsp3) is 0.321. The van der Waals surface area contributed by atoms with Crippen LogP contribution in [0.2, 0.25) is 0 Å². The van der Waals surface area contributed by atoms with Gasteiger partial charge in [-0.15, -0.1) is 0 Å². The Morgan fingerprint density at radius 1 is 0.829 bits per heavy atom. The Labute approximate surface area is 208 Å². The molecule has 0 spiro atoms. The van der Waals surface area contributed by atoms with Gasteiger partial charge in [-0.05, 0) is 50.1 Å². The largest absolute Gasteiger partial charge is 0.339 e. The number of carbonyl (C=O) groups is 1. The first-order valence-corrected chi connectivity index (χ1v) is 13.4. The van der Waals surface area contributed by atoms with Gasteiger partial charge in [0.1, 0.15) is 6.54 Å². The summed E-state index contributed by atoms with van der Waals surface area (Å²) in [6, 6.07) is 22.7. The lowest BCUT2D eigenvalue weighted by Gasteiger charge is -2.36. The van der Waals surface area contributed by atoms with Crippen molar-refractivity contribution in [2.24, 2.45) is 0 Å². The number of piperazine rings is 1. The zero-order valence-electron chi connectivity index (χ0n) is 20.6. The summed E-state index contributed by atoms with van der Waals surface area (Å²) in [7, 11) is -3.92. The summed E-state index contributed by atoms with van der Waals surface area (Å²) in [5, 5.41) is 0. The summed E-state index contributed by atoms with van der Waals surface area (Å²) < 4.78 is 28.7. The predicted molar refractivity (Wildman–Crippen MR) is 140 cm³/mol. The lowest BCUT2D eigenvalue weighted by Crippen LogP contribution is -2.51. The van der Waals surface area contributed by atoms with Crippen molar-refractivity contribution < 1.29 is 13.2 Å². The molecule has 184 valence electrons. The van der Waals surface area contributed by atoms with Gasteiger partial charge in [-0.2, -0.15) is 0 Å². The molecule has 0 bridgehead atoms. The van der Waals surface area contributed by atoms with Gasteiger partial charge in [0.2, 0.25) is 5.91 Å². The van der Waals surface area contributed by atoms with E-state index in [1.165, 1.54) is 9.87 Å². The Hall–Kier alpha value is -3.16. The highest BCUT2D eigenvalue weighted by molar-refractivity contribution is 7.92. The smallest absolute Gasteiger partial charge is 0.264 e. The maximum absolute atomic E-state index is 13.7. The van der Waals surface area contributed by atoms with Gasteiger partial charge in [0.25, 0.3) is 10.0 Å². The molecule has 3 aromatic rings. The molecule has 1 aliphatic rings. The van der Waals surface area contributed by atoms with Crippen molar-refractivity contribution >= 4 is 21.6 Å². The molecule has 6 nitrogen and oxygen atoms in total. The van der Waals surface area contributed by atoms with Gasteiger partial charge in [0, 0.05) is 32.7 Å². The number of rotatable bonds is 7. The molecule has 4 rings (SSSR count). The lowest BCUT2D eigenvalue weighted by atomic mass is 10.1. The topological polar surface area (TPSA) is 60.9 Å². The molecule has 1 amide bonds. The lowest BCUT2D eigenvalue weighted by molar-refractivity contribution is -0.131. The Bertz CT molecular complexity index is 1270. The molecule has 0 saturated carbocycles. The highest BCUT2D eigenvalue weighted by Crippen LogP contribution is 2.28. The summed E-state index contributed by atoms with van der Waals surface area (Å²) in [6.07, 6.45) is 0. The maximum Gasteiger partial charge on any atom is 0.264 e. The molecule has 0 aromatic heterocycles. The van der Waals surface area contributed by atoms with Gasteiger partial charge in [0.05, 0.1) is 10.6 Å². The molecule has 35 heavy (non-hydrogen) atoms. The molecule has 0 aliphatic carbocycles. The normalized spacial score (nSPS) is 14.7. The van der Waals surface area contributed by atoms with E-state index in [0.717, 1.165) is 36.3 Å². The van der Waals surface area contributed by atoms with Gasteiger partial charge < -0.3 is 4.90 Å². The van der Waals surface area contributed by atoms with E-state index in [2.05, 4.69) is 17.0 Å². The third kappa shape index (κ3) is 5.92. The number of anilines is 1. The number of amides is 1. The molecule has 3 aromatic carbocycles. The van der Waals surface area contributed by atoms with Crippen molar-refractivity contribution in [3.05, 3.63) is 95.1 Å². The number of sulfonamides is 1. The third-order valence-corrected chi connectivity index (χ3v) is 8.26. The molecular formula is C28H33N3O3S. The van der Waals surface area contributed by atoms with E-state index >= 15 is 0 Å². The summed E-state index contributed by atoms with van der Waals surface area (Å²) in [4.78, 5) is 17.6. The molecule has 1 saturated heterocycles. The fourth-order valence-electron chi connectivity index (χ4n) is 4.44. The van der Waals surface area contributed by atoms with Crippen molar-refractivity contribution in [3.8, 4) is 0 Å². The van der Waals surface area contributed by atoms with Crippen molar-refractivity contribution in [1.82, 2.24) is 9.80 Å². The van der Waals surface area contributed by atoms with Crippen LogP contribution < -0.4 is 4.31 Å². The van der Waals surface area contributed by atoms with Crippen LogP contribution in [0, 0.1) is 20.8 Å². The molecule has 1 heterocycles. The zero-order chi connectivity index (χ0) is 25.0. The Morgan fingerprint density at radius 3 is 2.09 bits per heavy atom. The van der Waals surface area contributed by atoms with Crippen molar-refractivity contribution in [3.63, 3.8) is 0 Å². The molecule has 0 unspecified atom stereocenters. The summed E-state index contributed by atoms with van der Waals surface area (Å²) >= 11 is 0. The minimum absolute atomic E-state index is 0.181. The predicted octanol–water partition coefficient (Wildman–Crippen LogP) is 4.15. The zero-order valence-corrected chi connectivity index (χ0v) is 21.5. The van der Waals surface area contributed by atoms with E-state index < -0.39 is 10.0 Å². The average molecular weight is 492 g/mol. The second-order valence-corrected chi connectivity index (χ2v) is 11.1. The second-order valence-electron chi connectivity index (χ2n) is 9.26. The quantitative estimate of drug-likeness (QED) is 0.498. The van der Waals surface area contributed by atoms with Crippen molar-refractivity contribution in [2.45, 2.75) is 32.2 Å². The Morgan fingerprint density at radius 2 is 1.46 bits per heavy atom. The SMILES string of the molecule is Cc1ccc(S(=O)(=O)N(CC(=O)N2CCN(Cc3ccccc3)CC2)c2ccc(C)cc2C)cc1. The van der Waals surface area contributed by atoms with E-state index in [1.807, 2.05) is 51.1 Å². The number of carbonyl (C=O) groups excluding carboxylic acids is 1. The molecule has 1 aliphatic heterocycles. The highest BCUT2D eigenvalue weighted by Gasteiger charge is 2.31. The summed E-state index contributed by atoms with van der Waals surface area (Å²) in [6.45, 7) is 9.07. The average Bonchev–Trinajstić information content (AvgIpc) is 2.84. The fourth-order valence-corrected chi connectivity index (χ4v) is 5.92. The minimum atomic E-state index is -3.92. The molecule has 0 radical (unpaired) electrons. The summed E-state index contributed by atoms with van der Waals surface area (Å²) in [5.41, 5.74) is 4.62. The van der Waals surface area contributed by atoms with Gasteiger partial charge in [-0.1, -0.05) is 65.7 Å². The first kappa shape index (κ1) is 24.9.